The predicted octanol–water partition coefficient (Wildman–Crippen LogP) is 3.38. The van der Waals surface area contributed by atoms with Gasteiger partial charge < -0.3 is 25.8 Å². The Kier molecular flexibility index (Phi) is 18.8. The maximum atomic E-state index is 5.97. The minimum atomic E-state index is -0.0602. The summed E-state index contributed by atoms with van der Waals surface area (Å²) in [6, 6.07) is 2.57. The maximum absolute atomic E-state index is 5.97. The van der Waals surface area contributed by atoms with Gasteiger partial charge in [-0.2, -0.15) is 0 Å². The van der Waals surface area contributed by atoms with Gasteiger partial charge in [-0.15, -0.1) is 0 Å². The molecule has 6 heteroatoms. The summed E-state index contributed by atoms with van der Waals surface area (Å²) >= 11 is 0. The zero-order valence-electron chi connectivity index (χ0n) is 19.6. The molecule has 0 saturated carbocycles. The molecule has 0 aromatic carbocycles. The molecule has 1 rings (SSSR count). The SMILES string of the molecule is CC.CC.CCCOCC(C)OC1=C(C#CN)C=C(NCN(C)CC)C(C)N1. The molecule has 0 amide bonds. The van der Waals surface area contributed by atoms with Crippen molar-refractivity contribution in [3.63, 3.8) is 0 Å². The van der Waals surface area contributed by atoms with Crippen LogP contribution < -0.4 is 16.4 Å². The van der Waals surface area contributed by atoms with E-state index in [-0.39, 0.29) is 12.1 Å². The van der Waals surface area contributed by atoms with Crippen LogP contribution in [0, 0.1) is 12.0 Å². The fourth-order valence-electron chi connectivity index (χ4n) is 2.14. The molecule has 0 radical (unpaired) electrons. The zero-order valence-corrected chi connectivity index (χ0v) is 19.6. The third kappa shape index (κ3) is 11.8. The molecular formula is C22H44N4O2. The topological polar surface area (TPSA) is 71.8 Å². The van der Waals surface area contributed by atoms with Crippen molar-refractivity contribution >= 4 is 0 Å². The number of rotatable bonds is 10. The van der Waals surface area contributed by atoms with E-state index in [4.69, 9.17) is 15.2 Å². The van der Waals surface area contributed by atoms with Gasteiger partial charge in [-0.05, 0) is 45.9 Å². The van der Waals surface area contributed by atoms with Crippen LogP contribution in [0.2, 0.25) is 0 Å². The molecule has 0 saturated heterocycles. The highest BCUT2D eigenvalue weighted by Crippen LogP contribution is 2.18. The van der Waals surface area contributed by atoms with Crippen LogP contribution in [0.5, 0.6) is 0 Å². The molecule has 0 aromatic heterocycles. The van der Waals surface area contributed by atoms with Crippen molar-refractivity contribution in [3.8, 4) is 12.0 Å². The van der Waals surface area contributed by atoms with E-state index in [0.29, 0.717) is 12.5 Å². The minimum Gasteiger partial charge on any atom is -0.473 e. The van der Waals surface area contributed by atoms with Gasteiger partial charge in [0, 0.05) is 18.3 Å². The van der Waals surface area contributed by atoms with Gasteiger partial charge in [0.05, 0.1) is 24.9 Å². The summed E-state index contributed by atoms with van der Waals surface area (Å²) in [5.41, 5.74) is 7.23. The van der Waals surface area contributed by atoms with Crippen molar-refractivity contribution in [2.75, 3.05) is 33.5 Å². The number of hydrogen-bond acceptors (Lipinski definition) is 6. The molecule has 28 heavy (non-hydrogen) atoms. The highest BCUT2D eigenvalue weighted by Gasteiger charge is 2.21. The summed E-state index contributed by atoms with van der Waals surface area (Å²) in [6.45, 7) is 19.3. The first kappa shape index (κ1) is 28.4. The molecule has 6 nitrogen and oxygen atoms in total. The van der Waals surface area contributed by atoms with E-state index in [0.717, 1.165) is 37.5 Å². The third-order valence-corrected chi connectivity index (χ3v) is 3.68. The Hall–Kier alpha value is -1.84. The lowest BCUT2D eigenvalue weighted by atomic mass is 10.1. The lowest BCUT2D eigenvalue weighted by Gasteiger charge is -2.29. The van der Waals surface area contributed by atoms with Crippen LogP contribution in [0.1, 0.15) is 61.8 Å². The molecule has 2 unspecified atom stereocenters. The number of ether oxygens (including phenoxy) is 2. The summed E-state index contributed by atoms with van der Waals surface area (Å²) in [6.07, 6.45) is 2.94. The fourth-order valence-corrected chi connectivity index (χ4v) is 2.14. The predicted molar refractivity (Wildman–Crippen MR) is 120 cm³/mol. The van der Waals surface area contributed by atoms with Crippen LogP contribution in [-0.2, 0) is 9.47 Å². The lowest BCUT2D eigenvalue weighted by Crippen LogP contribution is -2.41. The molecule has 0 aromatic rings. The van der Waals surface area contributed by atoms with Gasteiger partial charge in [0.1, 0.15) is 6.10 Å². The first-order valence-electron chi connectivity index (χ1n) is 10.6. The highest BCUT2D eigenvalue weighted by molar-refractivity contribution is 5.45. The second-order valence-electron chi connectivity index (χ2n) is 5.99. The van der Waals surface area contributed by atoms with Gasteiger partial charge in [-0.25, -0.2) is 0 Å². The quantitative estimate of drug-likeness (QED) is 0.228. The van der Waals surface area contributed by atoms with Gasteiger partial charge in [-0.3, -0.25) is 4.90 Å². The van der Waals surface area contributed by atoms with Crippen molar-refractivity contribution in [1.82, 2.24) is 15.5 Å². The van der Waals surface area contributed by atoms with Crippen molar-refractivity contribution < 1.29 is 9.47 Å². The Labute approximate surface area is 173 Å². The number of hydrogen-bond donors (Lipinski definition) is 3. The molecular weight excluding hydrogens is 352 g/mol. The smallest absolute Gasteiger partial charge is 0.203 e. The third-order valence-electron chi connectivity index (χ3n) is 3.68. The average molecular weight is 397 g/mol. The fraction of sp³-hybridized carbons (Fsp3) is 0.727. The summed E-state index contributed by atoms with van der Waals surface area (Å²) in [5, 5.41) is 6.79. The van der Waals surface area contributed by atoms with E-state index in [1.807, 2.05) is 40.7 Å². The van der Waals surface area contributed by atoms with Gasteiger partial charge in [0.25, 0.3) is 0 Å². The molecule has 0 fully saturated rings. The highest BCUT2D eigenvalue weighted by atomic mass is 16.5. The summed E-state index contributed by atoms with van der Waals surface area (Å²) in [5.74, 6) is 3.56. The second-order valence-corrected chi connectivity index (χ2v) is 5.99. The van der Waals surface area contributed by atoms with Gasteiger partial charge in [0.15, 0.2) is 0 Å². The standard InChI is InChI=1S/C18H32N4O2.2C2H6/c1-6-10-23-12-14(3)24-18-16(8-9-19)11-17(15(4)21-18)20-13-22(5)7-2;2*1-2/h11,14-15,20-21H,6-7,10,12-13,19H2,1-5H3;2*1-2H3. The van der Waals surface area contributed by atoms with E-state index in [1.54, 1.807) is 0 Å². The number of allylic oxidation sites excluding steroid dienone is 2. The van der Waals surface area contributed by atoms with Gasteiger partial charge in [-0.1, -0.05) is 41.5 Å². The number of nitrogens with two attached hydrogens (primary N) is 1. The summed E-state index contributed by atoms with van der Waals surface area (Å²) in [7, 11) is 2.07. The van der Waals surface area contributed by atoms with Crippen molar-refractivity contribution in [2.45, 2.75) is 74.0 Å². The summed E-state index contributed by atoms with van der Waals surface area (Å²) in [4.78, 5) is 2.19. The van der Waals surface area contributed by atoms with E-state index < -0.39 is 0 Å². The molecule has 4 N–H and O–H groups in total. The Morgan fingerprint density at radius 3 is 2.46 bits per heavy atom. The Morgan fingerprint density at radius 2 is 1.93 bits per heavy atom. The molecule has 1 aliphatic rings. The van der Waals surface area contributed by atoms with Crippen molar-refractivity contribution in [2.24, 2.45) is 5.73 Å². The molecule has 2 atom stereocenters. The monoisotopic (exact) mass is 396 g/mol. The van der Waals surface area contributed by atoms with E-state index >= 15 is 0 Å². The minimum absolute atomic E-state index is 0.0602. The van der Waals surface area contributed by atoms with Crippen molar-refractivity contribution in [1.29, 1.82) is 0 Å². The van der Waals surface area contributed by atoms with Crippen molar-refractivity contribution in [3.05, 3.63) is 23.2 Å². The van der Waals surface area contributed by atoms with E-state index in [1.165, 1.54) is 0 Å². The first-order valence-corrected chi connectivity index (χ1v) is 10.6. The normalized spacial score (nSPS) is 16.2. The Bertz CT molecular complexity index is 506. The van der Waals surface area contributed by atoms with Gasteiger partial charge in [0.2, 0.25) is 5.88 Å². The van der Waals surface area contributed by atoms with Crippen LogP contribution in [0.15, 0.2) is 23.2 Å². The van der Waals surface area contributed by atoms with Crippen LogP contribution >= 0.6 is 0 Å². The van der Waals surface area contributed by atoms with E-state index in [9.17, 15) is 0 Å². The molecule has 0 bridgehead atoms. The molecule has 0 aliphatic carbocycles. The maximum Gasteiger partial charge on any atom is 0.203 e. The summed E-state index contributed by atoms with van der Waals surface area (Å²) < 4.78 is 11.5. The Balaban J connectivity index is 0. The number of nitrogens with zero attached hydrogens (tertiary/aromatic N) is 1. The van der Waals surface area contributed by atoms with Gasteiger partial charge >= 0.3 is 0 Å². The molecule has 164 valence electrons. The zero-order chi connectivity index (χ0) is 21.9. The Morgan fingerprint density at radius 1 is 1.29 bits per heavy atom. The van der Waals surface area contributed by atoms with Crippen LogP contribution in [-0.4, -0.2) is 50.5 Å². The average Bonchev–Trinajstić information content (AvgIpc) is 2.72. The molecule has 1 aliphatic heterocycles. The van der Waals surface area contributed by atoms with E-state index in [2.05, 4.69) is 55.3 Å². The number of dihydropyridines is 1. The second kappa shape index (κ2) is 18.5. The van der Waals surface area contributed by atoms with Crippen LogP contribution in [0.25, 0.3) is 0 Å². The first-order chi connectivity index (χ1) is 13.5. The molecule has 0 spiro atoms. The van der Waals surface area contributed by atoms with Crippen LogP contribution in [0.3, 0.4) is 0 Å². The lowest BCUT2D eigenvalue weighted by molar-refractivity contribution is 0.0177. The number of nitrogens with one attached hydrogen (secondary N) is 2. The molecule has 1 heterocycles. The van der Waals surface area contributed by atoms with Crippen LogP contribution in [0.4, 0.5) is 0 Å². The largest absolute Gasteiger partial charge is 0.473 e.